The number of fused-ring (bicyclic) bond motifs is 1. The number of rotatable bonds is 4. The van der Waals surface area contributed by atoms with Crippen molar-refractivity contribution in [2.24, 2.45) is 0 Å². The van der Waals surface area contributed by atoms with Crippen LogP contribution in [-0.4, -0.2) is 66.3 Å². The Hall–Kier alpha value is -1.62. The molecule has 1 aromatic carbocycles. The van der Waals surface area contributed by atoms with Gasteiger partial charge >= 0.3 is 0 Å². The van der Waals surface area contributed by atoms with Crippen molar-refractivity contribution in [3.8, 4) is 11.5 Å². The van der Waals surface area contributed by atoms with Gasteiger partial charge in [-0.05, 0) is 36.7 Å². The lowest BCUT2D eigenvalue weighted by atomic mass is 9.48. The molecule has 1 aliphatic carbocycles. The molecule has 0 N–H and O–H groups in total. The van der Waals surface area contributed by atoms with E-state index in [4.69, 9.17) is 33.0 Å². The number of likely N-dealkylation sites (tertiary alicyclic amines) is 1. The third-order valence-electron chi connectivity index (χ3n) is 5.12. The molecule has 7 heteroatoms. The Labute approximate surface area is 146 Å². The smallest absolute Gasteiger partial charge is 0.161 e. The van der Waals surface area contributed by atoms with Crippen LogP contribution in [-0.2, 0) is 10.2 Å². The lowest BCUT2D eigenvalue weighted by molar-refractivity contribution is -0.116. The lowest BCUT2D eigenvalue weighted by Gasteiger charge is -2.45. The van der Waals surface area contributed by atoms with E-state index in [0.717, 1.165) is 12.0 Å². The third-order valence-corrected chi connectivity index (χ3v) is 5.12. The summed E-state index contributed by atoms with van der Waals surface area (Å²) in [6.45, 7) is 0.611. The minimum atomic E-state index is -1.46. The number of nitrogens with zero attached hydrogens (tertiary/aromatic N) is 1. The predicted octanol–water partition coefficient (Wildman–Crippen LogP) is 0.662. The first-order valence-corrected chi connectivity index (χ1v) is 7.90. The van der Waals surface area contributed by atoms with Crippen molar-refractivity contribution in [2.45, 2.75) is 29.5 Å². The second-order valence-electron chi connectivity index (χ2n) is 6.46. The molecule has 0 aromatic heterocycles. The Bertz CT molecular complexity index is 686. The highest BCUT2D eigenvalue weighted by atomic mass is 16.5. The van der Waals surface area contributed by atoms with Gasteiger partial charge < -0.3 is 14.4 Å². The van der Waals surface area contributed by atoms with Crippen LogP contribution in [0.25, 0.3) is 0 Å². The SMILES string of the molecule is [B]C([B])([B])N1CCC2(c3ccc(OC)c(OC)c3)C=CC(=O)CC12. The van der Waals surface area contributed by atoms with E-state index in [1.165, 1.54) is 0 Å². The molecule has 1 heterocycles. The zero-order chi connectivity index (χ0) is 17.5. The van der Waals surface area contributed by atoms with Gasteiger partial charge in [-0.3, -0.25) is 4.79 Å². The zero-order valence-electron chi connectivity index (χ0n) is 14.0. The average molecular weight is 317 g/mol. The second-order valence-corrected chi connectivity index (χ2v) is 6.46. The summed E-state index contributed by atoms with van der Waals surface area (Å²) < 4.78 is 10.7. The number of hydrogen-bond acceptors (Lipinski definition) is 4. The molecule has 4 nitrogen and oxygen atoms in total. The fraction of sp³-hybridized carbons (Fsp3) is 0.471. The van der Waals surface area contributed by atoms with E-state index in [2.05, 4.69) is 0 Å². The van der Waals surface area contributed by atoms with Crippen molar-refractivity contribution in [1.82, 2.24) is 4.90 Å². The molecule has 0 saturated carbocycles. The van der Waals surface area contributed by atoms with Gasteiger partial charge in [0.05, 0.1) is 37.8 Å². The van der Waals surface area contributed by atoms with Gasteiger partial charge in [0.2, 0.25) is 0 Å². The van der Waals surface area contributed by atoms with E-state index in [0.29, 0.717) is 24.5 Å². The Balaban J connectivity index is 2.10. The number of ketones is 1. The number of allylic oxidation sites excluding steroid dienone is 1. The molecule has 0 amide bonds. The number of benzene rings is 1. The highest BCUT2D eigenvalue weighted by Gasteiger charge is 2.51. The van der Waals surface area contributed by atoms with Gasteiger partial charge in [0, 0.05) is 17.9 Å². The highest BCUT2D eigenvalue weighted by Crippen LogP contribution is 2.48. The summed E-state index contributed by atoms with van der Waals surface area (Å²) >= 11 is 0. The summed E-state index contributed by atoms with van der Waals surface area (Å²) in [5.41, 5.74) is 0.650. The second kappa shape index (κ2) is 6.03. The minimum Gasteiger partial charge on any atom is -0.493 e. The van der Waals surface area contributed by atoms with Crippen LogP contribution in [0.2, 0.25) is 0 Å². The van der Waals surface area contributed by atoms with Gasteiger partial charge in [-0.15, -0.1) is 0 Å². The van der Waals surface area contributed by atoms with Crippen molar-refractivity contribution in [1.29, 1.82) is 0 Å². The van der Waals surface area contributed by atoms with Gasteiger partial charge in [-0.25, -0.2) is 0 Å². The van der Waals surface area contributed by atoms with Crippen molar-refractivity contribution in [3.05, 3.63) is 35.9 Å². The van der Waals surface area contributed by atoms with Crippen LogP contribution in [0.5, 0.6) is 11.5 Å². The number of methoxy groups -OCH3 is 2. The Kier molecular flexibility index (Phi) is 4.33. The van der Waals surface area contributed by atoms with Crippen molar-refractivity contribution < 1.29 is 14.3 Å². The normalized spacial score (nSPS) is 27.1. The van der Waals surface area contributed by atoms with Crippen molar-refractivity contribution in [3.63, 3.8) is 0 Å². The lowest BCUT2D eigenvalue weighted by Crippen LogP contribution is -2.57. The number of hydrogen-bond donors (Lipinski definition) is 0. The molecule has 0 spiro atoms. The van der Waals surface area contributed by atoms with Gasteiger partial charge in [-0.2, -0.15) is 0 Å². The van der Waals surface area contributed by atoms with E-state index in [9.17, 15) is 4.79 Å². The van der Waals surface area contributed by atoms with Crippen LogP contribution >= 0.6 is 0 Å². The first kappa shape index (κ1) is 17.2. The van der Waals surface area contributed by atoms with E-state index in [1.807, 2.05) is 29.2 Å². The summed E-state index contributed by atoms with van der Waals surface area (Å²) in [6, 6.07) is 5.62. The Morgan fingerprint density at radius 1 is 1.21 bits per heavy atom. The van der Waals surface area contributed by atoms with Crippen LogP contribution in [0.1, 0.15) is 18.4 Å². The average Bonchev–Trinajstić information content (AvgIpc) is 2.94. The van der Waals surface area contributed by atoms with Crippen LogP contribution < -0.4 is 9.47 Å². The van der Waals surface area contributed by atoms with Crippen LogP contribution in [0.4, 0.5) is 0 Å². The maximum atomic E-state index is 12.0. The molecule has 3 rings (SSSR count). The molecule has 1 aliphatic heterocycles. The first-order chi connectivity index (χ1) is 11.3. The van der Waals surface area contributed by atoms with E-state index in [1.54, 1.807) is 20.3 Å². The summed E-state index contributed by atoms with van der Waals surface area (Å²) in [4.78, 5) is 13.8. The molecule has 2 aliphatic rings. The van der Waals surface area contributed by atoms with Crippen LogP contribution in [0, 0.1) is 0 Å². The molecule has 0 bridgehead atoms. The minimum absolute atomic E-state index is 0.0484. The van der Waals surface area contributed by atoms with Crippen molar-refractivity contribution >= 4 is 29.3 Å². The number of carbonyl (C=O) groups is 1. The molecule has 1 aromatic rings. The molecule has 6 radical (unpaired) electrons. The molecule has 1 fully saturated rings. The number of ether oxygens (including phenoxy) is 2. The molecular formula is C17H18B3NO3. The molecule has 2 unspecified atom stereocenters. The van der Waals surface area contributed by atoms with E-state index in [-0.39, 0.29) is 17.2 Å². The zero-order valence-corrected chi connectivity index (χ0v) is 14.0. The topological polar surface area (TPSA) is 38.8 Å². The molecule has 1 saturated heterocycles. The van der Waals surface area contributed by atoms with Crippen LogP contribution in [0.3, 0.4) is 0 Å². The fourth-order valence-electron chi connectivity index (χ4n) is 3.92. The van der Waals surface area contributed by atoms with E-state index < -0.39 is 5.24 Å². The van der Waals surface area contributed by atoms with Crippen molar-refractivity contribution in [2.75, 3.05) is 20.8 Å². The van der Waals surface area contributed by atoms with E-state index >= 15 is 0 Å². The molecular weight excluding hydrogens is 299 g/mol. The molecule has 118 valence electrons. The fourth-order valence-corrected chi connectivity index (χ4v) is 3.92. The highest BCUT2D eigenvalue weighted by molar-refractivity contribution is 6.59. The number of carbonyl (C=O) groups excluding carboxylic acids is 1. The first-order valence-electron chi connectivity index (χ1n) is 7.90. The summed E-state index contributed by atoms with van der Waals surface area (Å²) in [5.74, 6) is 1.35. The summed E-state index contributed by atoms with van der Waals surface area (Å²) in [5, 5.41) is -1.46. The standard InChI is InChI=1S/C17H18B3NO3/c1-23-13-4-3-11(9-14(13)24-2)16-6-5-12(22)10-15(16)21(8-7-16)17(18,19)20/h3-6,9,15H,7-8,10H2,1-2H3. The van der Waals surface area contributed by atoms with Crippen LogP contribution in [0.15, 0.2) is 30.4 Å². The summed E-state index contributed by atoms with van der Waals surface area (Å²) in [7, 11) is 21.0. The van der Waals surface area contributed by atoms with Gasteiger partial charge in [-0.1, -0.05) is 17.4 Å². The largest absolute Gasteiger partial charge is 0.493 e. The molecule has 2 atom stereocenters. The third kappa shape index (κ3) is 2.69. The van der Waals surface area contributed by atoms with Gasteiger partial charge in [0.25, 0.3) is 0 Å². The van der Waals surface area contributed by atoms with Gasteiger partial charge in [0.15, 0.2) is 17.3 Å². The maximum Gasteiger partial charge on any atom is 0.161 e. The molecule has 24 heavy (non-hydrogen) atoms. The quantitative estimate of drug-likeness (QED) is 0.765. The van der Waals surface area contributed by atoms with Gasteiger partial charge in [0.1, 0.15) is 0 Å². The Morgan fingerprint density at radius 3 is 2.54 bits per heavy atom. The predicted molar refractivity (Wildman–Crippen MR) is 95.1 cm³/mol. The maximum absolute atomic E-state index is 12.0. The monoisotopic (exact) mass is 317 g/mol. The Morgan fingerprint density at radius 2 is 1.92 bits per heavy atom. The summed E-state index contributed by atoms with van der Waals surface area (Å²) in [6.07, 6.45) is 4.70.